The Morgan fingerprint density at radius 3 is 2.50 bits per heavy atom. The third kappa shape index (κ3) is 5.98. The highest BCUT2D eigenvalue weighted by Gasteiger charge is 2.27. The van der Waals surface area contributed by atoms with Crippen LogP contribution in [-0.4, -0.2) is 36.7 Å². The number of halogens is 1. The molecule has 0 aliphatic carbocycles. The number of nitrogens with one attached hydrogen (secondary N) is 2. The van der Waals surface area contributed by atoms with Gasteiger partial charge in [0.25, 0.3) is 0 Å². The van der Waals surface area contributed by atoms with Crippen LogP contribution in [0.2, 0.25) is 0 Å². The number of sulfonamides is 1. The summed E-state index contributed by atoms with van der Waals surface area (Å²) in [5, 5.41) is 6.84. The molecule has 158 valence electrons. The van der Waals surface area contributed by atoms with Crippen molar-refractivity contribution >= 4 is 15.9 Å². The molecule has 3 aromatic rings. The summed E-state index contributed by atoms with van der Waals surface area (Å²) in [6, 6.07) is 14.8. The zero-order valence-corrected chi connectivity index (χ0v) is 17.1. The Labute approximate surface area is 175 Å². The van der Waals surface area contributed by atoms with Crippen molar-refractivity contribution in [2.45, 2.75) is 30.3 Å². The van der Waals surface area contributed by atoms with E-state index in [1.807, 2.05) is 18.3 Å². The first kappa shape index (κ1) is 21.7. The van der Waals surface area contributed by atoms with Crippen LogP contribution in [0.25, 0.3) is 0 Å². The summed E-state index contributed by atoms with van der Waals surface area (Å²) in [6.45, 7) is 0.975. The Hall–Kier alpha value is -3.04. The van der Waals surface area contributed by atoms with Crippen LogP contribution in [0.15, 0.2) is 78.0 Å². The van der Waals surface area contributed by atoms with Gasteiger partial charge in [0, 0.05) is 25.5 Å². The molecule has 0 aliphatic heterocycles. The molecule has 0 bridgehead atoms. The van der Waals surface area contributed by atoms with Gasteiger partial charge in [0.15, 0.2) is 0 Å². The number of benzene rings is 2. The number of carbonyl (C=O) groups is 1. The Morgan fingerprint density at radius 2 is 1.80 bits per heavy atom. The molecule has 1 atom stereocenters. The lowest BCUT2D eigenvalue weighted by Gasteiger charge is -2.19. The van der Waals surface area contributed by atoms with Crippen molar-refractivity contribution in [2.75, 3.05) is 6.54 Å². The standard InChI is InChI=1S/C21H23FN4O3S/c22-18-10-4-5-11-20(18)30(28,29)25-19(16-17-8-2-1-3-9-17)21(27)23-12-6-14-26-15-7-13-24-26/h1-5,7-11,13,15,19,25H,6,12,14,16H2,(H,23,27)/t19-/m0/s1. The summed E-state index contributed by atoms with van der Waals surface area (Å²) < 4.78 is 43.5. The molecule has 0 aliphatic rings. The van der Waals surface area contributed by atoms with Gasteiger partial charge in [0.05, 0.1) is 0 Å². The maximum atomic E-state index is 14.0. The molecule has 0 saturated heterocycles. The van der Waals surface area contributed by atoms with Crippen molar-refractivity contribution in [3.8, 4) is 0 Å². The van der Waals surface area contributed by atoms with Crippen LogP contribution in [-0.2, 0) is 27.8 Å². The van der Waals surface area contributed by atoms with E-state index >= 15 is 0 Å². The molecule has 2 N–H and O–H groups in total. The smallest absolute Gasteiger partial charge is 0.244 e. The second kappa shape index (κ2) is 10.1. The lowest BCUT2D eigenvalue weighted by atomic mass is 10.1. The van der Waals surface area contributed by atoms with Crippen LogP contribution in [0, 0.1) is 5.82 Å². The van der Waals surface area contributed by atoms with E-state index in [0.29, 0.717) is 19.5 Å². The quantitative estimate of drug-likeness (QED) is 0.482. The summed E-state index contributed by atoms with van der Waals surface area (Å²) in [5.41, 5.74) is 0.783. The van der Waals surface area contributed by atoms with E-state index in [9.17, 15) is 17.6 Å². The van der Waals surface area contributed by atoms with Crippen LogP contribution in [0.3, 0.4) is 0 Å². The first-order chi connectivity index (χ1) is 14.5. The molecule has 1 heterocycles. The molecule has 0 unspecified atom stereocenters. The average molecular weight is 431 g/mol. The zero-order chi connectivity index (χ0) is 21.4. The molecule has 0 spiro atoms. The average Bonchev–Trinajstić information content (AvgIpc) is 3.25. The van der Waals surface area contributed by atoms with Gasteiger partial charge in [-0.2, -0.15) is 9.82 Å². The number of aromatic nitrogens is 2. The zero-order valence-electron chi connectivity index (χ0n) is 16.2. The van der Waals surface area contributed by atoms with Crippen molar-refractivity contribution in [2.24, 2.45) is 0 Å². The Kier molecular flexibility index (Phi) is 7.31. The Balaban J connectivity index is 1.69. The normalized spacial score (nSPS) is 12.4. The predicted molar refractivity (Wildman–Crippen MR) is 111 cm³/mol. The van der Waals surface area contributed by atoms with Crippen molar-refractivity contribution in [3.63, 3.8) is 0 Å². The van der Waals surface area contributed by atoms with Gasteiger partial charge in [0.1, 0.15) is 16.8 Å². The molecule has 3 rings (SSSR count). The highest BCUT2D eigenvalue weighted by atomic mass is 32.2. The molecule has 2 aromatic carbocycles. The van der Waals surface area contributed by atoms with E-state index in [4.69, 9.17) is 0 Å². The molecule has 30 heavy (non-hydrogen) atoms. The number of rotatable bonds is 10. The van der Waals surface area contributed by atoms with E-state index in [1.165, 1.54) is 18.2 Å². The fourth-order valence-corrected chi connectivity index (χ4v) is 4.23. The summed E-state index contributed by atoms with van der Waals surface area (Å²) in [7, 11) is -4.22. The lowest BCUT2D eigenvalue weighted by molar-refractivity contribution is -0.122. The molecule has 7 nitrogen and oxygen atoms in total. The van der Waals surface area contributed by atoms with Gasteiger partial charge in [-0.1, -0.05) is 42.5 Å². The molecule has 9 heteroatoms. The van der Waals surface area contributed by atoms with E-state index in [1.54, 1.807) is 35.1 Å². The number of hydrogen-bond acceptors (Lipinski definition) is 4. The summed E-state index contributed by atoms with van der Waals surface area (Å²) >= 11 is 0. The number of carbonyl (C=O) groups excluding carboxylic acids is 1. The fourth-order valence-electron chi connectivity index (χ4n) is 2.96. The van der Waals surface area contributed by atoms with Gasteiger partial charge in [-0.05, 0) is 36.6 Å². The van der Waals surface area contributed by atoms with E-state index in [0.717, 1.165) is 11.6 Å². The molecule has 0 fully saturated rings. The van der Waals surface area contributed by atoms with Crippen LogP contribution in [0.5, 0.6) is 0 Å². The minimum Gasteiger partial charge on any atom is -0.355 e. The second-order valence-corrected chi connectivity index (χ2v) is 8.39. The summed E-state index contributed by atoms with van der Waals surface area (Å²) in [6.07, 6.45) is 4.26. The van der Waals surface area contributed by atoms with Crippen molar-refractivity contribution < 1.29 is 17.6 Å². The van der Waals surface area contributed by atoms with Crippen molar-refractivity contribution in [1.29, 1.82) is 0 Å². The number of amides is 1. The SMILES string of the molecule is O=C(NCCCn1cccn1)[C@H](Cc1ccccc1)NS(=O)(=O)c1ccccc1F. The first-order valence-corrected chi connectivity index (χ1v) is 11.0. The molecular formula is C21H23FN4O3S. The van der Waals surface area contributed by atoms with Gasteiger partial charge in [-0.25, -0.2) is 12.8 Å². The van der Waals surface area contributed by atoms with Gasteiger partial charge in [-0.3, -0.25) is 9.48 Å². The van der Waals surface area contributed by atoms with E-state index < -0.39 is 32.7 Å². The molecule has 0 radical (unpaired) electrons. The highest BCUT2D eigenvalue weighted by Crippen LogP contribution is 2.15. The Bertz CT molecular complexity index is 1060. The third-order valence-corrected chi connectivity index (χ3v) is 5.95. The minimum absolute atomic E-state index is 0.138. The highest BCUT2D eigenvalue weighted by molar-refractivity contribution is 7.89. The second-order valence-electron chi connectivity index (χ2n) is 6.71. The Morgan fingerprint density at radius 1 is 1.07 bits per heavy atom. The topological polar surface area (TPSA) is 93.1 Å². The van der Waals surface area contributed by atoms with Crippen LogP contribution in [0.4, 0.5) is 4.39 Å². The first-order valence-electron chi connectivity index (χ1n) is 9.51. The molecule has 1 amide bonds. The van der Waals surface area contributed by atoms with Crippen molar-refractivity contribution in [1.82, 2.24) is 19.8 Å². The van der Waals surface area contributed by atoms with Crippen LogP contribution < -0.4 is 10.0 Å². The molecule has 0 saturated carbocycles. The van der Waals surface area contributed by atoms with Crippen molar-refractivity contribution in [3.05, 3.63) is 84.4 Å². The maximum absolute atomic E-state index is 14.0. The van der Waals surface area contributed by atoms with Gasteiger partial charge in [0.2, 0.25) is 15.9 Å². The van der Waals surface area contributed by atoms with Gasteiger partial charge < -0.3 is 5.32 Å². The monoisotopic (exact) mass is 430 g/mol. The minimum atomic E-state index is -4.22. The molecular weight excluding hydrogens is 407 g/mol. The predicted octanol–water partition coefficient (Wildman–Crippen LogP) is 2.12. The molecule has 1 aromatic heterocycles. The fraction of sp³-hybridized carbons (Fsp3) is 0.238. The number of nitrogens with zero attached hydrogens (tertiary/aromatic N) is 2. The number of aryl methyl sites for hydroxylation is 1. The summed E-state index contributed by atoms with van der Waals surface area (Å²) in [4.78, 5) is 12.3. The summed E-state index contributed by atoms with van der Waals surface area (Å²) in [5.74, 6) is -1.35. The largest absolute Gasteiger partial charge is 0.355 e. The van der Waals surface area contributed by atoms with Gasteiger partial charge >= 0.3 is 0 Å². The van der Waals surface area contributed by atoms with Crippen LogP contribution in [0.1, 0.15) is 12.0 Å². The van der Waals surface area contributed by atoms with Crippen LogP contribution >= 0.6 is 0 Å². The lowest BCUT2D eigenvalue weighted by Crippen LogP contribution is -2.48. The van der Waals surface area contributed by atoms with E-state index in [2.05, 4.69) is 15.1 Å². The third-order valence-electron chi connectivity index (χ3n) is 4.45. The van der Waals surface area contributed by atoms with Gasteiger partial charge in [-0.15, -0.1) is 0 Å². The number of hydrogen-bond donors (Lipinski definition) is 2. The van der Waals surface area contributed by atoms with E-state index in [-0.39, 0.29) is 6.42 Å². The maximum Gasteiger partial charge on any atom is 0.244 e.